The molecule has 16 heavy (non-hydrogen) atoms. The Balaban J connectivity index is 2.82. The molecule has 0 aliphatic carbocycles. The Hall–Kier alpha value is -0.580. The summed E-state index contributed by atoms with van der Waals surface area (Å²) in [6, 6.07) is 5.35. The lowest BCUT2D eigenvalue weighted by Gasteiger charge is -2.12. The van der Waals surface area contributed by atoms with E-state index in [-0.39, 0.29) is 11.1 Å². The molecule has 0 radical (unpaired) electrons. The number of hydrogen-bond donors (Lipinski definition) is 2. The number of oxime groups is 1. The van der Waals surface area contributed by atoms with Gasteiger partial charge in [-0.25, -0.2) is 0 Å². The first-order valence-electron chi connectivity index (χ1n) is 4.67. The first-order chi connectivity index (χ1) is 7.58. The third-order valence-corrected chi connectivity index (χ3v) is 4.11. The van der Waals surface area contributed by atoms with Crippen molar-refractivity contribution in [2.45, 2.75) is 23.5 Å². The fourth-order valence-corrected chi connectivity index (χ4v) is 2.49. The standard InChI is InChI=1S/C10H12Cl2N2OS/c1-2-9(10(13)14-15)16-6-3-4-7(11)8(12)5-6/h3-5,9,15H,2H2,1H3,(H2,13,14). The van der Waals surface area contributed by atoms with Crippen LogP contribution in [0.25, 0.3) is 0 Å². The van der Waals surface area contributed by atoms with Crippen molar-refractivity contribution in [3.8, 4) is 0 Å². The van der Waals surface area contributed by atoms with Gasteiger partial charge in [-0.15, -0.1) is 11.8 Å². The van der Waals surface area contributed by atoms with Crippen molar-refractivity contribution in [3.63, 3.8) is 0 Å². The van der Waals surface area contributed by atoms with E-state index in [4.69, 9.17) is 34.1 Å². The normalized spacial score (nSPS) is 13.8. The molecule has 0 bridgehead atoms. The minimum atomic E-state index is -0.0674. The largest absolute Gasteiger partial charge is 0.409 e. The van der Waals surface area contributed by atoms with Crippen LogP contribution in [0.2, 0.25) is 10.0 Å². The number of thioether (sulfide) groups is 1. The lowest BCUT2D eigenvalue weighted by molar-refractivity contribution is 0.317. The predicted molar refractivity (Wildman–Crippen MR) is 69.8 cm³/mol. The van der Waals surface area contributed by atoms with E-state index in [1.807, 2.05) is 13.0 Å². The van der Waals surface area contributed by atoms with Crippen LogP contribution in [0.3, 0.4) is 0 Å². The molecule has 3 N–H and O–H groups in total. The van der Waals surface area contributed by atoms with Crippen molar-refractivity contribution >= 4 is 40.8 Å². The Kier molecular flexibility index (Phi) is 5.25. The Morgan fingerprint density at radius 2 is 2.19 bits per heavy atom. The quantitative estimate of drug-likeness (QED) is 0.291. The highest BCUT2D eigenvalue weighted by molar-refractivity contribution is 8.00. The highest BCUT2D eigenvalue weighted by atomic mass is 35.5. The van der Waals surface area contributed by atoms with Gasteiger partial charge >= 0.3 is 0 Å². The molecule has 1 unspecified atom stereocenters. The van der Waals surface area contributed by atoms with Gasteiger partial charge in [0.1, 0.15) is 0 Å². The average Bonchev–Trinajstić information content (AvgIpc) is 2.29. The van der Waals surface area contributed by atoms with Crippen molar-refractivity contribution in [2.24, 2.45) is 10.9 Å². The van der Waals surface area contributed by atoms with Gasteiger partial charge in [0.15, 0.2) is 5.84 Å². The number of nitrogens with two attached hydrogens (primary N) is 1. The second-order valence-electron chi connectivity index (χ2n) is 3.12. The van der Waals surface area contributed by atoms with E-state index in [0.717, 1.165) is 11.3 Å². The van der Waals surface area contributed by atoms with E-state index < -0.39 is 0 Å². The maximum absolute atomic E-state index is 8.62. The van der Waals surface area contributed by atoms with Gasteiger partial charge in [-0.2, -0.15) is 0 Å². The van der Waals surface area contributed by atoms with Crippen LogP contribution >= 0.6 is 35.0 Å². The van der Waals surface area contributed by atoms with Crippen LogP contribution in [0.4, 0.5) is 0 Å². The molecule has 1 rings (SSSR count). The molecular weight excluding hydrogens is 267 g/mol. The summed E-state index contributed by atoms with van der Waals surface area (Å²) in [5.41, 5.74) is 5.56. The van der Waals surface area contributed by atoms with E-state index in [2.05, 4.69) is 5.16 Å². The maximum Gasteiger partial charge on any atom is 0.152 e. The van der Waals surface area contributed by atoms with Gasteiger partial charge in [-0.3, -0.25) is 0 Å². The highest BCUT2D eigenvalue weighted by Crippen LogP contribution is 2.31. The van der Waals surface area contributed by atoms with Crippen molar-refractivity contribution in [1.29, 1.82) is 0 Å². The summed E-state index contributed by atoms with van der Waals surface area (Å²) in [5, 5.41) is 12.6. The summed E-state index contributed by atoms with van der Waals surface area (Å²) in [6.07, 6.45) is 0.765. The smallest absolute Gasteiger partial charge is 0.152 e. The molecule has 6 heteroatoms. The molecule has 0 saturated carbocycles. The van der Waals surface area contributed by atoms with Crippen LogP contribution in [0.5, 0.6) is 0 Å². The monoisotopic (exact) mass is 278 g/mol. The molecule has 0 amide bonds. The number of hydrogen-bond acceptors (Lipinski definition) is 3. The van der Waals surface area contributed by atoms with Crippen molar-refractivity contribution in [2.75, 3.05) is 0 Å². The molecule has 0 fully saturated rings. The van der Waals surface area contributed by atoms with Gasteiger partial charge in [0.05, 0.1) is 15.3 Å². The van der Waals surface area contributed by atoms with Gasteiger partial charge in [0.2, 0.25) is 0 Å². The lowest BCUT2D eigenvalue weighted by Crippen LogP contribution is -2.25. The van der Waals surface area contributed by atoms with Crippen LogP contribution in [0, 0.1) is 0 Å². The number of rotatable bonds is 4. The molecule has 1 aromatic rings. The van der Waals surface area contributed by atoms with Gasteiger partial charge in [-0.05, 0) is 24.6 Å². The SMILES string of the molecule is CCC(Sc1ccc(Cl)c(Cl)c1)C(N)=NO. The summed E-state index contributed by atoms with van der Waals surface area (Å²) in [6.45, 7) is 1.97. The van der Waals surface area contributed by atoms with Crippen LogP contribution in [0.15, 0.2) is 28.3 Å². The molecule has 0 spiro atoms. The number of amidine groups is 1. The molecule has 0 aromatic heterocycles. The predicted octanol–water partition coefficient (Wildman–Crippen LogP) is 3.61. The molecule has 0 heterocycles. The topological polar surface area (TPSA) is 58.6 Å². The molecular formula is C10H12Cl2N2OS. The second kappa shape index (κ2) is 6.23. The summed E-state index contributed by atoms with van der Waals surface area (Å²) >= 11 is 13.2. The zero-order chi connectivity index (χ0) is 12.1. The van der Waals surface area contributed by atoms with E-state index in [1.165, 1.54) is 11.8 Å². The van der Waals surface area contributed by atoms with E-state index in [0.29, 0.717) is 10.0 Å². The van der Waals surface area contributed by atoms with E-state index in [9.17, 15) is 0 Å². The third kappa shape index (κ3) is 3.47. The van der Waals surface area contributed by atoms with Crippen LogP contribution < -0.4 is 5.73 Å². The number of benzene rings is 1. The average molecular weight is 279 g/mol. The maximum atomic E-state index is 8.62. The van der Waals surface area contributed by atoms with E-state index in [1.54, 1.807) is 12.1 Å². The first kappa shape index (κ1) is 13.5. The molecule has 0 saturated heterocycles. The number of nitrogens with zero attached hydrogens (tertiary/aromatic N) is 1. The second-order valence-corrected chi connectivity index (χ2v) is 5.21. The fraction of sp³-hybridized carbons (Fsp3) is 0.300. The fourth-order valence-electron chi connectivity index (χ4n) is 1.13. The molecule has 0 aliphatic heterocycles. The number of halogens is 2. The third-order valence-electron chi connectivity index (χ3n) is 1.99. The summed E-state index contributed by atoms with van der Waals surface area (Å²) in [5.74, 6) is 0.207. The highest BCUT2D eigenvalue weighted by Gasteiger charge is 2.13. The van der Waals surface area contributed by atoms with Gasteiger partial charge in [0.25, 0.3) is 0 Å². The Labute approximate surface area is 109 Å². The summed E-state index contributed by atoms with van der Waals surface area (Å²) in [4.78, 5) is 0.938. The summed E-state index contributed by atoms with van der Waals surface area (Å²) in [7, 11) is 0. The Morgan fingerprint density at radius 1 is 1.50 bits per heavy atom. The zero-order valence-electron chi connectivity index (χ0n) is 8.65. The van der Waals surface area contributed by atoms with Crippen LogP contribution in [-0.4, -0.2) is 16.3 Å². The zero-order valence-corrected chi connectivity index (χ0v) is 11.0. The molecule has 88 valence electrons. The molecule has 1 aromatic carbocycles. The van der Waals surface area contributed by atoms with Crippen LogP contribution in [-0.2, 0) is 0 Å². The molecule has 0 aliphatic rings. The Bertz CT molecular complexity index is 398. The van der Waals surface area contributed by atoms with Gasteiger partial charge < -0.3 is 10.9 Å². The molecule has 3 nitrogen and oxygen atoms in total. The van der Waals surface area contributed by atoms with Crippen molar-refractivity contribution in [3.05, 3.63) is 28.2 Å². The minimum absolute atomic E-state index is 0.0674. The van der Waals surface area contributed by atoms with Gasteiger partial charge in [0, 0.05) is 4.90 Å². The van der Waals surface area contributed by atoms with Crippen molar-refractivity contribution in [1.82, 2.24) is 0 Å². The van der Waals surface area contributed by atoms with E-state index >= 15 is 0 Å². The first-order valence-corrected chi connectivity index (χ1v) is 6.31. The van der Waals surface area contributed by atoms with Crippen molar-refractivity contribution < 1.29 is 5.21 Å². The van der Waals surface area contributed by atoms with Crippen LogP contribution in [0.1, 0.15) is 13.3 Å². The van der Waals surface area contributed by atoms with Gasteiger partial charge in [-0.1, -0.05) is 35.3 Å². The molecule has 1 atom stereocenters. The lowest BCUT2D eigenvalue weighted by atomic mass is 10.3. The Morgan fingerprint density at radius 3 is 2.69 bits per heavy atom. The summed E-state index contributed by atoms with van der Waals surface area (Å²) < 4.78 is 0. The minimum Gasteiger partial charge on any atom is -0.409 e.